The second kappa shape index (κ2) is 7.63. The van der Waals surface area contributed by atoms with Crippen LogP contribution in [0.25, 0.3) is 0 Å². The average Bonchev–Trinajstić information content (AvgIpc) is 2.47. The highest BCUT2D eigenvalue weighted by molar-refractivity contribution is 5.14. The fraction of sp³-hybridized carbons (Fsp3) is 0.625. The lowest BCUT2D eigenvalue weighted by Crippen LogP contribution is -2.33. The van der Waals surface area contributed by atoms with Crippen molar-refractivity contribution in [3.63, 3.8) is 0 Å². The van der Waals surface area contributed by atoms with E-state index in [0.29, 0.717) is 6.54 Å². The van der Waals surface area contributed by atoms with Crippen LogP contribution in [0.5, 0.6) is 0 Å². The lowest BCUT2D eigenvalue weighted by atomic mass is 9.91. The Labute approximate surface area is 116 Å². The standard InChI is InChI=1S/C16H26N2O/c17-12-16(19)7-6-14-8-10-18(11-9-14)13-15-4-2-1-3-5-15/h1-5,14,16,19H,6-13,17H2. The first-order valence-corrected chi connectivity index (χ1v) is 7.42. The van der Waals surface area contributed by atoms with Crippen molar-refractivity contribution in [3.05, 3.63) is 35.9 Å². The van der Waals surface area contributed by atoms with Gasteiger partial charge in [-0.15, -0.1) is 0 Å². The molecule has 0 radical (unpaired) electrons. The van der Waals surface area contributed by atoms with Crippen molar-refractivity contribution < 1.29 is 5.11 Å². The highest BCUT2D eigenvalue weighted by Gasteiger charge is 2.19. The monoisotopic (exact) mass is 262 g/mol. The van der Waals surface area contributed by atoms with Crippen LogP contribution in [0.1, 0.15) is 31.2 Å². The van der Waals surface area contributed by atoms with Crippen LogP contribution >= 0.6 is 0 Å². The lowest BCUT2D eigenvalue weighted by Gasteiger charge is -2.32. The van der Waals surface area contributed by atoms with Gasteiger partial charge in [0.2, 0.25) is 0 Å². The van der Waals surface area contributed by atoms with Crippen LogP contribution in [0.15, 0.2) is 30.3 Å². The number of rotatable bonds is 6. The minimum Gasteiger partial charge on any atom is -0.392 e. The van der Waals surface area contributed by atoms with Crippen LogP contribution in [0.4, 0.5) is 0 Å². The fourth-order valence-corrected chi connectivity index (χ4v) is 2.82. The Balaban J connectivity index is 1.68. The number of aliphatic hydroxyl groups excluding tert-OH is 1. The molecular formula is C16H26N2O. The van der Waals surface area contributed by atoms with Gasteiger partial charge < -0.3 is 10.8 Å². The van der Waals surface area contributed by atoms with Gasteiger partial charge in [-0.05, 0) is 50.3 Å². The number of nitrogens with zero attached hydrogens (tertiary/aromatic N) is 1. The van der Waals surface area contributed by atoms with E-state index in [-0.39, 0.29) is 6.10 Å². The largest absolute Gasteiger partial charge is 0.392 e. The van der Waals surface area contributed by atoms with Gasteiger partial charge in [0, 0.05) is 13.1 Å². The van der Waals surface area contributed by atoms with Crippen molar-refractivity contribution in [2.75, 3.05) is 19.6 Å². The molecule has 0 bridgehead atoms. The summed E-state index contributed by atoms with van der Waals surface area (Å²) < 4.78 is 0. The van der Waals surface area contributed by atoms with Crippen molar-refractivity contribution in [3.8, 4) is 0 Å². The highest BCUT2D eigenvalue weighted by atomic mass is 16.3. The number of piperidine rings is 1. The molecule has 1 aromatic carbocycles. The summed E-state index contributed by atoms with van der Waals surface area (Å²) >= 11 is 0. The minimum absolute atomic E-state index is 0.303. The first-order chi connectivity index (χ1) is 9.28. The number of nitrogens with two attached hydrogens (primary N) is 1. The summed E-state index contributed by atoms with van der Waals surface area (Å²) in [7, 11) is 0. The SMILES string of the molecule is NCC(O)CCC1CCN(Cc2ccccc2)CC1. The predicted octanol–water partition coefficient (Wildman–Crippen LogP) is 2.00. The molecule has 2 rings (SSSR count). The minimum atomic E-state index is -0.303. The maximum Gasteiger partial charge on any atom is 0.0662 e. The second-order valence-corrected chi connectivity index (χ2v) is 5.67. The Kier molecular flexibility index (Phi) is 5.83. The lowest BCUT2D eigenvalue weighted by molar-refractivity contribution is 0.135. The molecular weight excluding hydrogens is 236 g/mol. The van der Waals surface area contributed by atoms with Gasteiger partial charge in [-0.25, -0.2) is 0 Å². The maximum atomic E-state index is 9.50. The third kappa shape index (κ3) is 4.94. The third-order valence-corrected chi connectivity index (χ3v) is 4.14. The summed E-state index contributed by atoms with van der Waals surface area (Å²) in [6.07, 6.45) is 4.19. The number of likely N-dealkylation sites (tertiary alicyclic amines) is 1. The molecule has 0 spiro atoms. The molecule has 1 aliphatic rings. The van der Waals surface area contributed by atoms with Crippen molar-refractivity contribution in [2.24, 2.45) is 11.7 Å². The fourth-order valence-electron chi connectivity index (χ4n) is 2.82. The molecule has 1 heterocycles. The van der Waals surface area contributed by atoms with E-state index < -0.39 is 0 Å². The van der Waals surface area contributed by atoms with Gasteiger partial charge in [-0.2, -0.15) is 0 Å². The van der Waals surface area contributed by atoms with Gasteiger partial charge in [0.1, 0.15) is 0 Å². The molecule has 1 atom stereocenters. The summed E-state index contributed by atoms with van der Waals surface area (Å²) in [5.41, 5.74) is 6.84. The first kappa shape index (κ1) is 14.5. The normalized spacial score (nSPS) is 19.5. The highest BCUT2D eigenvalue weighted by Crippen LogP contribution is 2.23. The van der Waals surface area contributed by atoms with Crippen LogP contribution in [0, 0.1) is 5.92 Å². The summed E-state index contributed by atoms with van der Waals surface area (Å²) in [6.45, 7) is 3.82. The van der Waals surface area contributed by atoms with E-state index in [1.165, 1.54) is 31.5 Å². The van der Waals surface area contributed by atoms with Crippen molar-refractivity contribution in [2.45, 2.75) is 38.3 Å². The van der Waals surface area contributed by atoms with E-state index in [1.807, 2.05) is 0 Å². The van der Waals surface area contributed by atoms with E-state index in [1.54, 1.807) is 0 Å². The molecule has 1 aromatic rings. The van der Waals surface area contributed by atoms with E-state index in [9.17, 15) is 5.11 Å². The first-order valence-electron chi connectivity index (χ1n) is 7.42. The number of hydrogen-bond donors (Lipinski definition) is 2. The van der Waals surface area contributed by atoms with Crippen LogP contribution < -0.4 is 5.73 Å². The summed E-state index contributed by atoms with van der Waals surface area (Å²) in [4.78, 5) is 2.53. The molecule has 1 fully saturated rings. The maximum absolute atomic E-state index is 9.50. The molecule has 0 amide bonds. The van der Waals surface area contributed by atoms with Crippen LogP contribution in [-0.2, 0) is 6.54 Å². The number of aliphatic hydroxyl groups is 1. The molecule has 3 nitrogen and oxygen atoms in total. The topological polar surface area (TPSA) is 49.5 Å². The summed E-state index contributed by atoms with van der Waals surface area (Å²) in [6, 6.07) is 10.7. The third-order valence-electron chi connectivity index (χ3n) is 4.14. The average molecular weight is 262 g/mol. The molecule has 3 N–H and O–H groups in total. The van der Waals surface area contributed by atoms with Crippen molar-refractivity contribution >= 4 is 0 Å². The van der Waals surface area contributed by atoms with Crippen molar-refractivity contribution in [1.29, 1.82) is 0 Å². The van der Waals surface area contributed by atoms with E-state index in [0.717, 1.165) is 25.3 Å². The molecule has 3 heteroatoms. The van der Waals surface area contributed by atoms with Gasteiger partial charge in [0.25, 0.3) is 0 Å². The van der Waals surface area contributed by atoms with Gasteiger partial charge in [-0.3, -0.25) is 4.90 Å². The molecule has 0 aromatic heterocycles. The quantitative estimate of drug-likeness (QED) is 0.824. The smallest absolute Gasteiger partial charge is 0.0662 e. The van der Waals surface area contributed by atoms with Crippen LogP contribution in [0.2, 0.25) is 0 Å². The molecule has 0 saturated carbocycles. The van der Waals surface area contributed by atoms with E-state index in [4.69, 9.17) is 5.73 Å². The number of benzene rings is 1. The van der Waals surface area contributed by atoms with E-state index >= 15 is 0 Å². The Morgan fingerprint density at radius 1 is 1.21 bits per heavy atom. The van der Waals surface area contributed by atoms with Crippen molar-refractivity contribution in [1.82, 2.24) is 4.90 Å². The second-order valence-electron chi connectivity index (χ2n) is 5.67. The Hall–Kier alpha value is -0.900. The molecule has 0 aliphatic carbocycles. The summed E-state index contributed by atoms with van der Waals surface area (Å²) in [5, 5.41) is 9.50. The predicted molar refractivity (Wildman–Crippen MR) is 78.7 cm³/mol. The zero-order valence-corrected chi connectivity index (χ0v) is 11.7. The summed E-state index contributed by atoms with van der Waals surface area (Å²) in [5.74, 6) is 0.772. The Bertz CT molecular complexity index is 347. The van der Waals surface area contributed by atoms with Gasteiger partial charge in [-0.1, -0.05) is 30.3 Å². The Morgan fingerprint density at radius 3 is 2.53 bits per heavy atom. The number of hydrogen-bond acceptors (Lipinski definition) is 3. The van der Waals surface area contributed by atoms with Crippen LogP contribution in [-0.4, -0.2) is 35.7 Å². The van der Waals surface area contributed by atoms with Gasteiger partial charge in [0.15, 0.2) is 0 Å². The van der Waals surface area contributed by atoms with Crippen LogP contribution in [0.3, 0.4) is 0 Å². The molecule has 19 heavy (non-hydrogen) atoms. The van der Waals surface area contributed by atoms with Gasteiger partial charge >= 0.3 is 0 Å². The zero-order chi connectivity index (χ0) is 13.5. The van der Waals surface area contributed by atoms with E-state index in [2.05, 4.69) is 35.2 Å². The Morgan fingerprint density at radius 2 is 1.89 bits per heavy atom. The molecule has 106 valence electrons. The molecule has 1 unspecified atom stereocenters. The zero-order valence-electron chi connectivity index (χ0n) is 11.7. The molecule has 1 saturated heterocycles. The molecule has 1 aliphatic heterocycles. The van der Waals surface area contributed by atoms with Gasteiger partial charge in [0.05, 0.1) is 6.10 Å².